The minimum Gasteiger partial charge on any atom is -0.480 e. The Labute approximate surface area is 104 Å². The van der Waals surface area contributed by atoms with Crippen molar-refractivity contribution in [3.63, 3.8) is 0 Å². The lowest BCUT2D eigenvalue weighted by molar-refractivity contribution is -0.137. The number of aromatic nitrogens is 2. The van der Waals surface area contributed by atoms with Crippen LogP contribution in [-0.2, 0) is 26.1 Å². The van der Waals surface area contributed by atoms with Gasteiger partial charge in [0.05, 0.1) is 19.4 Å². The number of morpholine rings is 1. The van der Waals surface area contributed by atoms with Crippen LogP contribution in [0.1, 0.15) is 0 Å². The van der Waals surface area contributed by atoms with E-state index in [9.17, 15) is 13.2 Å². The highest BCUT2D eigenvalue weighted by Crippen LogP contribution is 2.15. The zero-order valence-corrected chi connectivity index (χ0v) is 10.3. The molecule has 100 valence electrons. The first-order valence-corrected chi connectivity index (χ1v) is 6.76. The Morgan fingerprint density at radius 2 is 2.11 bits per heavy atom. The molecular weight excluding hydrogens is 262 g/mol. The maximum atomic E-state index is 12.2. The smallest absolute Gasteiger partial charge is 0.325 e. The Kier molecular flexibility index (Phi) is 3.64. The molecule has 0 radical (unpaired) electrons. The number of aliphatic carboxylic acids is 1. The van der Waals surface area contributed by atoms with Crippen molar-refractivity contribution in [2.24, 2.45) is 0 Å². The van der Waals surface area contributed by atoms with Crippen LogP contribution in [0.25, 0.3) is 0 Å². The van der Waals surface area contributed by atoms with E-state index in [0.717, 1.165) is 10.9 Å². The van der Waals surface area contributed by atoms with E-state index in [-0.39, 0.29) is 11.4 Å². The van der Waals surface area contributed by atoms with E-state index >= 15 is 0 Å². The number of carbonyl (C=O) groups is 1. The number of rotatable bonds is 4. The van der Waals surface area contributed by atoms with Gasteiger partial charge in [0.25, 0.3) is 0 Å². The van der Waals surface area contributed by atoms with E-state index in [1.165, 1.54) is 10.5 Å². The van der Waals surface area contributed by atoms with Crippen LogP contribution in [0.3, 0.4) is 0 Å². The number of carboxylic acid groups (broad SMARTS) is 1. The number of hydrogen-bond acceptors (Lipinski definition) is 5. The highest BCUT2D eigenvalue weighted by Gasteiger charge is 2.27. The molecule has 1 aliphatic heterocycles. The Hall–Kier alpha value is -1.45. The Bertz CT molecular complexity index is 532. The van der Waals surface area contributed by atoms with Gasteiger partial charge in [0.15, 0.2) is 0 Å². The van der Waals surface area contributed by atoms with Crippen LogP contribution in [0.5, 0.6) is 0 Å². The molecule has 1 aromatic heterocycles. The molecule has 1 fully saturated rings. The number of sulfonamides is 1. The third kappa shape index (κ3) is 2.68. The van der Waals surface area contributed by atoms with Crippen LogP contribution >= 0.6 is 0 Å². The fourth-order valence-corrected chi connectivity index (χ4v) is 3.00. The maximum Gasteiger partial charge on any atom is 0.325 e. The molecule has 0 aliphatic carbocycles. The largest absolute Gasteiger partial charge is 0.480 e. The van der Waals surface area contributed by atoms with E-state index in [2.05, 4.69) is 5.10 Å². The normalized spacial score (nSPS) is 17.8. The lowest BCUT2D eigenvalue weighted by Gasteiger charge is -2.25. The second kappa shape index (κ2) is 5.04. The SMILES string of the molecule is O=C(O)Cn1cc(S(=O)(=O)N2CCOCC2)cn1. The fraction of sp³-hybridized carbons (Fsp3) is 0.556. The molecule has 8 nitrogen and oxygen atoms in total. The maximum absolute atomic E-state index is 12.2. The van der Waals surface area contributed by atoms with Crippen LogP contribution in [-0.4, -0.2) is 59.9 Å². The summed E-state index contributed by atoms with van der Waals surface area (Å²) in [5, 5.41) is 12.3. The van der Waals surface area contributed by atoms with Crippen LogP contribution < -0.4 is 0 Å². The molecule has 1 N–H and O–H groups in total. The molecule has 0 aromatic carbocycles. The molecule has 1 saturated heterocycles. The van der Waals surface area contributed by atoms with Crippen LogP contribution in [0, 0.1) is 0 Å². The zero-order chi connectivity index (χ0) is 13.2. The summed E-state index contributed by atoms with van der Waals surface area (Å²) in [6.07, 6.45) is 2.38. The monoisotopic (exact) mass is 275 g/mol. The average molecular weight is 275 g/mol. The van der Waals surface area contributed by atoms with Gasteiger partial charge < -0.3 is 9.84 Å². The number of ether oxygens (including phenoxy) is 1. The van der Waals surface area contributed by atoms with E-state index < -0.39 is 16.0 Å². The topological polar surface area (TPSA) is 102 Å². The quantitative estimate of drug-likeness (QED) is 0.755. The summed E-state index contributed by atoms with van der Waals surface area (Å²) in [7, 11) is -3.60. The van der Waals surface area contributed by atoms with Gasteiger partial charge in [0, 0.05) is 19.3 Å². The summed E-state index contributed by atoms with van der Waals surface area (Å²) in [5.74, 6) is -1.08. The summed E-state index contributed by atoms with van der Waals surface area (Å²) in [4.78, 5) is 10.5. The molecule has 0 spiro atoms. The predicted octanol–water partition coefficient (Wildman–Crippen LogP) is -1.01. The zero-order valence-electron chi connectivity index (χ0n) is 9.52. The van der Waals surface area contributed by atoms with Crippen molar-refractivity contribution in [2.45, 2.75) is 11.4 Å². The number of carboxylic acids is 1. The number of hydrogen-bond donors (Lipinski definition) is 1. The van der Waals surface area contributed by atoms with Gasteiger partial charge in [-0.3, -0.25) is 9.48 Å². The van der Waals surface area contributed by atoms with E-state index in [1.807, 2.05) is 0 Å². The van der Waals surface area contributed by atoms with Gasteiger partial charge in [0.2, 0.25) is 10.0 Å². The van der Waals surface area contributed by atoms with Gasteiger partial charge >= 0.3 is 5.97 Å². The lowest BCUT2D eigenvalue weighted by atomic mass is 10.5. The van der Waals surface area contributed by atoms with Crippen molar-refractivity contribution in [2.75, 3.05) is 26.3 Å². The van der Waals surface area contributed by atoms with E-state index in [4.69, 9.17) is 9.84 Å². The molecule has 0 unspecified atom stereocenters. The summed E-state index contributed by atoms with van der Waals surface area (Å²) >= 11 is 0. The standard InChI is InChI=1S/C9H13N3O5S/c13-9(14)7-11-6-8(5-10-11)18(15,16)12-1-3-17-4-2-12/h5-6H,1-4,7H2,(H,13,14). The van der Waals surface area contributed by atoms with Gasteiger partial charge in [0.1, 0.15) is 11.4 Å². The van der Waals surface area contributed by atoms with Crippen molar-refractivity contribution in [3.05, 3.63) is 12.4 Å². The summed E-state index contributed by atoms with van der Waals surface area (Å²) in [6, 6.07) is 0. The predicted molar refractivity (Wildman–Crippen MR) is 59.4 cm³/mol. The van der Waals surface area contributed by atoms with Crippen molar-refractivity contribution < 1.29 is 23.1 Å². The molecule has 18 heavy (non-hydrogen) atoms. The van der Waals surface area contributed by atoms with Crippen LogP contribution in [0.4, 0.5) is 0 Å². The molecule has 9 heteroatoms. The molecule has 0 bridgehead atoms. The first kappa shape index (κ1) is 13.0. The first-order chi connectivity index (χ1) is 8.50. The highest BCUT2D eigenvalue weighted by molar-refractivity contribution is 7.89. The minimum absolute atomic E-state index is 0.00523. The van der Waals surface area contributed by atoms with Crippen molar-refractivity contribution in [1.29, 1.82) is 0 Å². The average Bonchev–Trinajstić information content (AvgIpc) is 2.78. The van der Waals surface area contributed by atoms with Gasteiger partial charge in [-0.15, -0.1) is 0 Å². The molecule has 2 heterocycles. The lowest BCUT2D eigenvalue weighted by Crippen LogP contribution is -2.40. The van der Waals surface area contributed by atoms with Crippen molar-refractivity contribution >= 4 is 16.0 Å². The van der Waals surface area contributed by atoms with Gasteiger partial charge in [-0.05, 0) is 0 Å². The second-order valence-electron chi connectivity index (χ2n) is 3.78. The molecular formula is C9H13N3O5S. The molecule has 0 amide bonds. The molecule has 2 rings (SSSR count). The third-order valence-corrected chi connectivity index (χ3v) is 4.37. The van der Waals surface area contributed by atoms with Crippen LogP contribution in [0.15, 0.2) is 17.3 Å². The Morgan fingerprint density at radius 1 is 1.44 bits per heavy atom. The summed E-state index contributed by atoms with van der Waals surface area (Å²) < 4.78 is 31.8. The molecule has 0 saturated carbocycles. The van der Waals surface area contributed by atoms with E-state index in [1.54, 1.807) is 0 Å². The highest BCUT2D eigenvalue weighted by atomic mass is 32.2. The first-order valence-electron chi connectivity index (χ1n) is 5.32. The van der Waals surface area contributed by atoms with Gasteiger partial charge in [-0.2, -0.15) is 9.40 Å². The molecule has 1 aliphatic rings. The summed E-state index contributed by atoms with van der Waals surface area (Å²) in [5.41, 5.74) is 0. The number of nitrogens with zero attached hydrogens (tertiary/aromatic N) is 3. The molecule has 1 aromatic rings. The van der Waals surface area contributed by atoms with Gasteiger partial charge in [-0.1, -0.05) is 0 Å². The van der Waals surface area contributed by atoms with Crippen molar-refractivity contribution in [3.8, 4) is 0 Å². The van der Waals surface area contributed by atoms with Crippen LogP contribution in [0.2, 0.25) is 0 Å². The summed E-state index contributed by atoms with van der Waals surface area (Å²) in [6.45, 7) is 0.961. The van der Waals surface area contributed by atoms with Crippen molar-refractivity contribution in [1.82, 2.24) is 14.1 Å². The Balaban J connectivity index is 2.18. The van der Waals surface area contributed by atoms with Gasteiger partial charge in [-0.25, -0.2) is 8.42 Å². The third-order valence-electron chi connectivity index (χ3n) is 2.51. The van der Waals surface area contributed by atoms with E-state index in [0.29, 0.717) is 26.3 Å². The Morgan fingerprint density at radius 3 is 2.72 bits per heavy atom. The second-order valence-corrected chi connectivity index (χ2v) is 5.72. The fourth-order valence-electron chi connectivity index (χ4n) is 1.64. The molecule has 0 atom stereocenters. The minimum atomic E-state index is -3.60.